The van der Waals surface area contributed by atoms with E-state index in [1.165, 1.54) is 71.1 Å². The zero-order chi connectivity index (χ0) is 13.0. The number of rotatable bonds is 4. The maximum Gasteiger partial charge on any atom is -0.000654 e. The van der Waals surface area contributed by atoms with Gasteiger partial charge in [0.25, 0.3) is 0 Å². The van der Waals surface area contributed by atoms with Crippen molar-refractivity contribution in [2.45, 2.75) is 51.9 Å². The first kappa shape index (κ1) is 14.3. The minimum atomic E-state index is 0.746. The second kappa shape index (κ2) is 6.38. The van der Waals surface area contributed by atoms with Gasteiger partial charge in [0.15, 0.2) is 0 Å². The molecule has 1 heterocycles. The third kappa shape index (κ3) is 3.96. The van der Waals surface area contributed by atoms with Gasteiger partial charge in [-0.25, -0.2) is 0 Å². The fourth-order valence-electron chi connectivity index (χ4n) is 4.08. The quantitative estimate of drug-likeness (QED) is 0.758. The predicted octanol–water partition coefficient (Wildman–Crippen LogP) is 3.23. The van der Waals surface area contributed by atoms with Crippen LogP contribution < -0.4 is 0 Å². The Balaban J connectivity index is 1.70. The van der Waals surface area contributed by atoms with Gasteiger partial charge in [-0.05, 0) is 83.7 Å². The average Bonchev–Trinajstić information content (AvgIpc) is 2.31. The van der Waals surface area contributed by atoms with Crippen molar-refractivity contribution in [3.05, 3.63) is 0 Å². The molecule has 2 heteroatoms. The molecule has 2 fully saturated rings. The molecular weight excluding hydrogens is 220 g/mol. The van der Waals surface area contributed by atoms with E-state index in [0.717, 1.165) is 11.3 Å². The molecule has 1 saturated heterocycles. The van der Waals surface area contributed by atoms with Gasteiger partial charge in [0.1, 0.15) is 0 Å². The van der Waals surface area contributed by atoms with Crippen LogP contribution in [0.15, 0.2) is 0 Å². The Kier molecular flexibility index (Phi) is 5.08. The van der Waals surface area contributed by atoms with Gasteiger partial charge in [0.05, 0.1) is 0 Å². The molecule has 1 unspecified atom stereocenters. The lowest BCUT2D eigenvalue weighted by atomic mass is 9.65. The minimum absolute atomic E-state index is 0.746. The highest BCUT2D eigenvalue weighted by molar-refractivity contribution is 4.90. The van der Waals surface area contributed by atoms with Gasteiger partial charge in [0, 0.05) is 0 Å². The van der Waals surface area contributed by atoms with Crippen molar-refractivity contribution in [3.63, 3.8) is 0 Å². The Morgan fingerprint density at radius 3 is 2.50 bits per heavy atom. The van der Waals surface area contributed by atoms with Gasteiger partial charge in [0.2, 0.25) is 0 Å². The lowest BCUT2D eigenvalue weighted by Crippen LogP contribution is -2.42. The molecule has 0 aromatic heterocycles. The van der Waals surface area contributed by atoms with Crippen LogP contribution in [-0.2, 0) is 0 Å². The SMILES string of the molecule is CC1CCCC2(CCN(CCCN(C)C)CC2)C1. The van der Waals surface area contributed by atoms with Crippen LogP contribution in [0.1, 0.15) is 51.9 Å². The van der Waals surface area contributed by atoms with E-state index in [1.807, 2.05) is 0 Å². The summed E-state index contributed by atoms with van der Waals surface area (Å²) in [5, 5.41) is 0. The lowest BCUT2D eigenvalue weighted by Gasteiger charge is -2.46. The van der Waals surface area contributed by atoms with Gasteiger partial charge < -0.3 is 9.80 Å². The molecule has 0 N–H and O–H groups in total. The van der Waals surface area contributed by atoms with Crippen LogP contribution in [0.4, 0.5) is 0 Å². The van der Waals surface area contributed by atoms with Crippen molar-refractivity contribution in [1.82, 2.24) is 9.80 Å². The normalized spacial score (nSPS) is 29.0. The number of likely N-dealkylation sites (tertiary alicyclic amines) is 1. The molecule has 1 aliphatic carbocycles. The maximum atomic E-state index is 2.70. The van der Waals surface area contributed by atoms with Crippen LogP contribution in [0.25, 0.3) is 0 Å². The predicted molar refractivity (Wildman–Crippen MR) is 78.9 cm³/mol. The van der Waals surface area contributed by atoms with E-state index in [1.54, 1.807) is 0 Å². The smallest absolute Gasteiger partial charge is 0.000654 e. The maximum absolute atomic E-state index is 2.70. The molecular formula is C16H32N2. The zero-order valence-corrected chi connectivity index (χ0v) is 12.7. The van der Waals surface area contributed by atoms with E-state index in [4.69, 9.17) is 0 Å². The summed E-state index contributed by atoms with van der Waals surface area (Å²) in [5.41, 5.74) is 0.746. The van der Waals surface area contributed by atoms with E-state index in [9.17, 15) is 0 Å². The van der Waals surface area contributed by atoms with Gasteiger partial charge in [-0.1, -0.05) is 19.8 Å². The van der Waals surface area contributed by atoms with Gasteiger partial charge in [-0.15, -0.1) is 0 Å². The second-order valence-corrected chi connectivity index (χ2v) is 7.20. The van der Waals surface area contributed by atoms with Crippen LogP contribution in [-0.4, -0.2) is 50.1 Å². The van der Waals surface area contributed by atoms with Crippen LogP contribution >= 0.6 is 0 Å². The summed E-state index contributed by atoms with van der Waals surface area (Å²) in [4.78, 5) is 5.00. The molecule has 0 radical (unpaired) electrons. The number of nitrogens with zero attached hydrogens (tertiary/aromatic N) is 2. The molecule has 2 rings (SSSR count). The summed E-state index contributed by atoms with van der Waals surface area (Å²) in [7, 11) is 4.35. The lowest BCUT2D eigenvalue weighted by molar-refractivity contribution is 0.0480. The molecule has 18 heavy (non-hydrogen) atoms. The van der Waals surface area contributed by atoms with Gasteiger partial charge in [-0.3, -0.25) is 0 Å². The number of piperidine rings is 1. The Bertz CT molecular complexity index is 241. The summed E-state index contributed by atoms with van der Waals surface area (Å²) < 4.78 is 0. The summed E-state index contributed by atoms with van der Waals surface area (Å²) in [6.45, 7) is 7.73. The van der Waals surface area contributed by atoms with E-state index < -0.39 is 0 Å². The zero-order valence-electron chi connectivity index (χ0n) is 12.7. The highest BCUT2D eigenvalue weighted by atomic mass is 15.1. The largest absolute Gasteiger partial charge is 0.309 e. The fourth-order valence-corrected chi connectivity index (χ4v) is 4.08. The molecule has 1 atom stereocenters. The first-order valence-corrected chi connectivity index (χ1v) is 7.97. The molecule has 0 aromatic rings. The van der Waals surface area contributed by atoms with Gasteiger partial charge in [-0.2, -0.15) is 0 Å². The van der Waals surface area contributed by atoms with E-state index >= 15 is 0 Å². The van der Waals surface area contributed by atoms with Crippen molar-refractivity contribution in [2.75, 3.05) is 40.3 Å². The molecule has 1 saturated carbocycles. The average molecular weight is 252 g/mol. The Labute approximate surface area is 114 Å². The summed E-state index contributed by atoms with van der Waals surface area (Å²) in [5.74, 6) is 0.985. The standard InChI is InChI=1S/C16H32N2/c1-15-6-4-7-16(14-15)8-12-18(13-9-16)11-5-10-17(2)3/h15H,4-14H2,1-3H3. The van der Waals surface area contributed by atoms with Crippen molar-refractivity contribution < 1.29 is 0 Å². The summed E-state index contributed by atoms with van der Waals surface area (Å²) in [6, 6.07) is 0. The molecule has 0 amide bonds. The van der Waals surface area contributed by atoms with Crippen LogP contribution in [0.2, 0.25) is 0 Å². The van der Waals surface area contributed by atoms with Crippen LogP contribution in [0, 0.1) is 11.3 Å². The molecule has 106 valence electrons. The third-order valence-electron chi connectivity index (χ3n) is 5.18. The first-order valence-electron chi connectivity index (χ1n) is 7.97. The molecule has 2 aliphatic rings. The van der Waals surface area contributed by atoms with Gasteiger partial charge >= 0.3 is 0 Å². The van der Waals surface area contributed by atoms with E-state index in [2.05, 4.69) is 30.8 Å². The Morgan fingerprint density at radius 1 is 1.17 bits per heavy atom. The minimum Gasteiger partial charge on any atom is -0.309 e. The van der Waals surface area contributed by atoms with Crippen molar-refractivity contribution >= 4 is 0 Å². The fraction of sp³-hybridized carbons (Fsp3) is 1.00. The summed E-state index contributed by atoms with van der Waals surface area (Å²) in [6.07, 6.45) is 10.3. The van der Waals surface area contributed by atoms with Crippen LogP contribution in [0.5, 0.6) is 0 Å². The highest BCUT2D eigenvalue weighted by Crippen LogP contribution is 2.46. The summed E-state index contributed by atoms with van der Waals surface area (Å²) >= 11 is 0. The van der Waals surface area contributed by atoms with Crippen LogP contribution in [0.3, 0.4) is 0 Å². The molecule has 1 aliphatic heterocycles. The topological polar surface area (TPSA) is 6.48 Å². The highest BCUT2D eigenvalue weighted by Gasteiger charge is 2.37. The molecule has 2 nitrogen and oxygen atoms in total. The Hall–Kier alpha value is -0.0800. The van der Waals surface area contributed by atoms with Crippen molar-refractivity contribution in [2.24, 2.45) is 11.3 Å². The second-order valence-electron chi connectivity index (χ2n) is 7.20. The monoisotopic (exact) mass is 252 g/mol. The number of hydrogen-bond acceptors (Lipinski definition) is 2. The first-order chi connectivity index (χ1) is 8.60. The number of hydrogen-bond donors (Lipinski definition) is 0. The Morgan fingerprint density at radius 2 is 1.89 bits per heavy atom. The molecule has 1 spiro atoms. The van der Waals surface area contributed by atoms with Crippen molar-refractivity contribution in [1.29, 1.82) is 0 Å². The molecule has 0 bridgehead atoms. The van der Waals surface area contributed by atoms with E-state index in [-0.39, 0.29) is 0 Å². The third-order valence-corrected chi connectivity index (χ3v) is 5.18. The molecule has 0 aromatic carbocycles. The van der Waals surface area contributed by atoms with Crippen molar-refractivity contribution in [3.8, 4) is 0 Å². The van der Waals surface area contributed by atoms with E-state index in [0.29, 0.717) is 0 Å².